The summed E-state index contributed by atoms with van der Waals surface area (Å²) in [6.45, 7) is 1.38. The minimum Gasteiger partial charge on any atom is -0.272 e. The molecule has 3 aromatic carbocycles. The molecule has 0 atom stereocenters. The average Bonchev–Trinajstić information content (AvgIpc) is 2.77. The van der Waals surface area contributed by atoms with Gasteiger partial charge in [-0.3, -0.25) is 4.79 Å². The van der Waals surface area contributed by atoms with E-state index < -0.39 is 22.5 Å². The number of hydrazone groups is 1. The van der Waals surface area contributed by atoms with Crippen molar-refractivity contribution in [1.29, 1.82) is 0 Å². The summed E-state index contributed by atoms with van der Waals surface area (Å²) in [5.74, 6) is -0.626. The summed E-state index contributed by atoms with van der Waals surface area (Å²) >= 11 is 18.1. The van der Waals surface area contributed by atoms with Crippen LogP contribution in [-0.4, -0.2) is 31.4 Å². The lowest BCUT2D eigenvalue weighted by molar-refractivity contribution is -0.121. The summed E-state index contributed by atoms with van der Waals surface area (Å²) in [5.41, 5.74) is 4.36. The maximum absolute atomic E-state index is 13.3. The van der Waals surface area contributed by atoms with Gasteiger partial charge in [0.15, 0.2) is 0 Å². The van der Waals surface area contributed by atoms with E-state index in [1.165, 1.54) is 18.3 Å². The Hall–Kier alpha value is -2.42. The van der Waals surface area contributed by atoms with Gasteiger partial charge in [0.05, 0.1) is 27.7 Å². The Morgan fingerprint density at radius 3 is 2.18 bits per heavy atom. The minimum atomic E-state index is -3.97. The van der Waals surface area contributed by atoms with E-state index in [0.717, 1.165) is 9.87 Å². The number of aryl methyl sites for hydroxylation is 1. The Bertz CT molecular complexity index is 1240. The quantitative estimate of drug-likeness (QED) is 0.321. The lowest BCUT2D eigenvalue weighted by atomic mass is 10.2. The second-order valence-corrected chi connectivity index (χ2v) is 10.3. The van der Waals surface area contributed by atoms with E-state index in [2.05, 4.69) is 10.5 Å². The zero-order valence-corrected chi connectivity index (χ0v) is 20.6. The van der Waals surface area contributed by atoms with Crippen molar-refractivity contribution in [1.82, 2.24) is 9.73 Å². The van der Waals surface area contributed by atoms with Crippen molar-refractivity contribution in [2.24, 2.45) is 5.10 Å². The number of hydrogen-bond acceptors (Lipinski definition) is 4. The SMILES string of the molecule is Cc1ccc(S(=O)(=O)N(CC(=O)NN=Cc2c(Cl)cccc2Cl)Cc2ccc(Cl)cc2)cc1. The van der Waals surface area contributed by atoms with Crippen molar-refractivity contribution in [2.45, 2.75) is 18.4 Å². The van der Waals surface area contributed by atoms with Crippen LogP contribution in [0.1, 0.15) is 16.7 Å². The highest BCUT2D eigenvalue weighted by atomic mass is 35.5. The van der Waals surface area contributed by atoms with E-state index in [-0.39, 0.29) is 11.4 Å². The van der Waals surface area contributed by atoms with Crippen LogP contribution in [0, 0.1) is 6.92 Å². The molecule has 0 heterocycles. The van der Waals surface area contributed by atoms with Crippen molar-refractivity contribution < 1.29 is 13.2 Å². The van der Waals surface area contributed by atoms with E-state index in [1.54, 1.807) is 54.6 Å². The number of carbonyl (C=O) groups excluding carboxylic acids is 1. The van der Waals surface area contributed by atoms with Crippen LogP contribution in [0.2, 0.25) is 15.1 Å². The number of hydrogen-bond donors (Lipinski definition) is 1. The monoisotopic (exact) mass is 523 g/mol. The maximum atomic E-state index is 13.3. The summed E-state index contributed by atoms with van der Waals surface area (Å²) in [6, 6.07) is 18.1. The highest BCUT2D eigenvalue weighted by molar-refractivity contribution is 7.89. The van der Waals surface area contributed by atoms with Crippen molar-refractivity contribution in [2.75, 3.05) is 6.54 Å². The molecule has 0 aliphatic heterocycles. The molecule has 0 aliphatic carbocycles. The van der Waals surface area contributed by atoms with Crippen molar-refractivity contribution in [3.63, 3.8) is 0 Å². The van der Waals surface area contributed by atoms with Gasteiger partial charge in [-0.05, 0) is 48.9 Å². The molecule has 172 valence electrons. The van der Waals surface area contributed by atoms with Crippen LogP contribution in [0.5, 0.6) is 0 Å². The molecule has 1 amide bonds. The molecular weight excluding hydrogens is 505 g/mol. The molecule has 0 bridgehead atoms. The minimum absolute atomic E-state index is 0.0269. The fraction of sp³-hybridized carbons (Fsp3) is 0.130. The first-order valence-electron chi connectivity index (χ1n) is 9.74. The molecule has 0 saturated carbocycles. The highest BCUT2D eigenvalue weighted by Crippen LogP contribution is 2.22. The van der Waals surface area contributed by atoms with Gasteiger partial charge < -0.3 is 0 Å². The van der Waals surface area contributed by atoms with E-state index in [0.29, 0.717) is 26.2 Å². The van der Waals surface area contributed by atoms with Gasteiger partial charge in [0.2, 0.25) is 10.0 Å². The highest BCUT2D eigenvalue weighted by Gasteiger charge is 2.27. The van der Waals surface area contributed by atoms with Crippen LogP contribution < -0.4 is 5.43 Å². The van der Waals surface area contributed by atoms with Gasteiger partial charge in [-0.1, -0.05) is 70.7 Å². The zero-order valence-electron chi connectivity index (χ0n) is 17.5. The third-order valence-electron chi connectivity index (χ3n) is 4.63. The number of nitrogens with zero attached hydrogens (tertiary/aromatic N) is 2. The number of amides is 1. The van der Waals surface area contributed by atoms with E-state index in [4.69, 9.17) is 34.8 Å². The van der Waals surface area contributed by atoms with Crippen molar-refractivity contribution in [3.8, 4) is 0 Å². The fourth-order valence-electron chi connectivity index (χ4n) is 2.88. The second kappa shape index (κ2) is 11.1. The zero-order chi connectivity index (χ0) is 24.0. The van der Waals surface area contributed by atoms with Gasteiger partial charge >= 0.3 is 0 Å². The second-order valence-electron chi connectivity index (χ2n) is 7.14. The lowest BCUT2D eigenvalue weighted by Crippen LogP contribution is -2.39. The Labute approximate surface area is 207 Å². The predicted octanol–water partition coefficient (Wildman–Crippen LogP) is 5.30. The van der Waals surface area contributed by atoms with Crippen LogP contribution in [0.25, 0.3) is 0 Å². The third kappa shape index (κ3) is 6.79. The number of rotatable bonds is 8. The van der Waals surface area contributed by atoms with Crippen molar-refractivity contribution >= 4 is 56.9 Å². The number of benzene rings is 3. The van der Waals surface area contributed by atoms with Gasteiger partial charge in [-0.15, -0.1) is 0 Å². The van der Waals surface area contributed by atoms with Crippen LogP contribution in [0.3, 0.4) is 0 Å². The number of nitrogens with one attached hydrogen (secondary N) is 1. The van der Waals surface area contributed by atoms with Crippen LogP contribution in [0.15, 0.2) is 76.7 Å². The molecule has 10 heteroatoms. The first-order chi connectivity index (χ1) is 15.7. The van der Waals surface area contributed by atoms with E-state index >= 15 is 0 Å². The molecule has 0 fully saturated rings. The topological polar surface area (TPSA) is 78.8 Å². The smallest absolute Gasteiger partial charge is 0.255 e. The molecule has 0 unspecified atom stereocenters. The van der Waals surface area contributed by atoms with Crippen LogP contribution in [0.4, 0.5) is 0 Å². The van der Waals surface area contributed by atoms with E-state index in [1.807, 2.05) is 6.92 Å². The molecule has 3 rings (SSSR count). The Balaban J connectivity index is 1.81. The summed E-state index contributed by atoms with van der Waals surface area (Å²) in [5, 5.41) is 5.13. The van der Waals surface area contributed by atoms with Crippen LogP contribution >= 0.6 is 34.8 Å². The predicted molar refractivity (Wildman–Crippen MR) is 132 cm³/mol. The molecule has 33 heavy (non-hydrogen) atoms. The Kier molecular flexibility index (Phi) is 8.51. The molecular formula is C23H20Cl3N3O3S. The van der Waals surface area contributed by atoms with Gasteiger partial charge in [0.25, 0.3) is 5.91 Å². The lowest BCUT2D eigenvalue weighted by Gasteiger charge is -2.21. The fourth-order valence-corrected chi connectivity index (χ4v) is 4.88. The number of halogens is 3. The maximum Gasteiger partial charge on any atom is 0.255 e. The van der Waals surface area contributed by atoms with Crippen molar-refractivity contribution in [3.05, 3.63) is 98.5 Å². The molecule has 0 aromatic heterocycles. The molecule has 0 spiro atoms. The van der Waals surface area contributed by atoms with Gasteiger partial charge in [-0.25, -0.2) is 13.8 Å². The Morgan fingerprint density at radius 2 is 1.58 bits per heavy atom. The number of sulfonamides is 1. The van der Waals surface area contributed by atoms with Gasteiger partial charge in [0, 0.05) is 17.1 Å². The van der Waals surface area contributed by atoms with Gasteiger partial charge in [0.1, 0.15) is 0 Å². The summed E-state index contributed by atoms with van der Waals surface area (Å²) in [4.78, 5) is 12.7. The largest absolute Gasteiger partial charge is 0.272 e. The first-order valence-corrected chi connectivity index (χ1v) is 12.3. The van der Waals surface area contributed by atoms with Gasteiger partial charge in [-0.2, -0.15) is 9.41 Å². The standard InChI is InChI=1S/C23H20Cl3N3O3S/c1-16-5-11-19(12-6-16)33(31,32)29(14-17-7-9-18(24)10-8-17)15-23(30)28-27-13-20-21(25)3-2-4-22(20)26/h2-13H,14-15H2,1H3,(H,28,30). The normalized spacial score (nSPS) is 11.8. The first kappa shape index (κ1) is 25.2. The molecule has 0 aliphatic rings. The summed E-state index contributed by atoms with van der Waals surface area (Å²) in [6.07, 6.45) is 1.31. The molecule has 1 N–H and O–H groups in total. The molecule has 0 saturated heterocycles. The molecule has 3 aromatic rings. The third-order valence-corrected chi connectivity index (χ3v) is 7.35. The summed E-state index contributed by atoms with van der Waals surface area (Å²) in [7, 11) is -3.97. The molecule has 6 nitrogen and oxygen atoms in total. The number of carbonyl (C=O) groups is 1. The van der Waals surface area contributed by atoms with Crippen LogP contribution in [-0.2, 0) is 21.4 Å². The Morgan fingerprint density at radius 1 is 0.970 bits per heavy atom. The molecule has 0 radical (unpaired) electrons. The van der Waals surface area contributed by atoms with E-state index in [9.17, 15) is 13.2 Å². The summed E-state index contributed by atoms with van der Waals surface area (Å²) < 4.78 is 27.6. The average molecular weight is 525 g/mol.